The van der Waals surface area contributed by atoms with Gasteiger partial charge in [0.15, 0.2) is 0 Å². The lowest BCUT2D eigenvalue weighted by molar-refractivity contribution is -0.685. The monoisotopic (exact) mass is 313 g/mol. The van der Waals surface area contributed by atoms with Gasteiger partial charge in [0.1, 0.15) is 12.1 Å². The van der Waals surface area contributed by atoms with Crippen molar-refractivity contribution in [2.45, 2.75) is 51.6 Å². The van der Waals surface area contributed by atoms with Gasteiger partial charge in [-0.25, -0.2) is 0 Å². The maximum Gasteiger partial charge on any atom is 0.114 e. The van der Waals surface area contributed by atoms with Gasteiger partial charge < -0.3 is 34.0 Å². The summed E-state index contributed by atoms with van der Waals surface area (Å²) in [5, 5.41) is 2.38. The van der Waals surface area contributed by atoms with E-state index in [1.807, 2.05) is 0 Å². The zero-order valence-electron chi connectivity index (χ0n) is 9.52. The van der Waals surface area contributed by atoms with Crippen LogP contribution in [0.4, 0.5) is 0 Å². The molecule has 1 atom stereocenters. The van der Waals surface area contributed by atoms with E-state index in [9.17, 15) is 0 Å². The summed E-state index contributed by atoms with van der Waals surface area (Å²) in [6.45, 7) is 7.75. The van der Waals surface area contributed by atoms with Crippen molar-refractivity contribution < 1.29 is 34.0 Å². The Morgan fingerprint density at radius 1 is 1.29 bits per heavy atom. The Kier molecular flexibility index (Phi) is 8.25. The van der Waals surface area contributed by atoms with Crippen molar-refractivity contribution in [1.82, 2.24) is 0 Å². The molecule has 0 radical (unpaired) electrons. The van der Waals surface area contributed by atoms with Gasteiger partial charge in [-0.3, -0.25) is 0 Å². The van der Waals surface area contributed by atoms with E-state index in [4.69, 9.17) is 4.74 Å². The number of ether oxygens (including phenoxy) is 1. The second kappa shape index (κ2) is 7.88. The summed E-state index contributed by atoms with van der Waals surface area (Å²) in [6.07, 6.45) is 6.64. The highest BCUT2D eigenvalue weighted by Gasteiger charge is 2.29. The van der Waals surface area contributed by atoms with Crippen molar-refractivity contribution in [2.75, 3.05) is 19.7 Å². The third kappa shape index (κ3) is 5.51. The van der Waals surface area contributed by atoms with Gasteiger partial charge in [0.05, 0.1) is 13.2 Å². The third-order valence-electron chi connectivity index (χ3n) is 2.91. The normalized spacial score (nSPS) is 27.0. The fraction of sp³-hybridized carbons (Fsp3) is 1.00. The average molecular weight is 313 g/mol. The molecule has 0 aromatic rings. The van der Waals surface area contributed by atoms with Crippen LogP contribution >= 0.6 is 0 Å². The van der Waals surface area contributed by atoms with Crippen LogP contribution in [0.1, 0.15) is 46.0 Å². The summed E-state index contributed by atoms with van der Waals surface area (Å²) in [7, 11) is 0. The summed E-state index contributed by atoms with van der Waals surface area (Å²) < 4.78 is 5.81. The number of nitrogens with two attached hydrogens (primary N) is 1. The maximum atomic E-state index is 5.81. The molecule has 1 heterocycles. The molecule has 3 heteroatoms. The van der Waals surface area contributed by atoms with Crippen molar-refractivity contribution in [1.29, 1.82) is 0 Å². The lowest BCUT2D eigenvalue weighted by atomic mass is 9.96. The molecule has 0 spiro atoms. The van der Waals surface area contributed by atoms with Crippen LogP contribution < -0.4 is 29.3 Å². The van der Waals surface area contributed by atoms with Gasteiger partial charge in [-0.05, 0) is 13.3 Å². The van der Waals surface area contributed by atoms with E-state index in [1.54, 1.807) is 0 Å². The summed E-state index contributed by atoms with van der Waals surface area (Å²) in [6, 6.07) is 0. The third-order valence-corrected chi connectivity index (χ3v) is 2.91. The Morgan fingerprint density at radius 2 is 2.07 bits per heavy atom. The van der Waals surface area contributed by atoms with E-state index in [2.05, 4.69) is 19.2 Å². The van der Waals surface area contributed by atoms with Crippen LogP contribution in [0.3, 0.4) is 0 Å². The highest BCUT2D eigenvalue weighted by Crippen LogP contribution is 2.18. The highest BCUT2D eigenvalue weighted by molar-refractivity contribution is 4.75. The standard InChI is InChI=1S/C11H23NO.HI/c1-3-4-5-6-7-11(2)10-12-8-9-13-11;/h12H,3-10H2,1-2H3;1H. The molecule has 1 unspecified atom stereocenters. The van der Waals surface area contributed by atoms with Gasteiger partial charge >= 0.3 is 0 Å². The van der Waals surface area contributed by atoms with Gasteiger partial charge in [0, 0.05) is 0 Å². The molecule has 2 N–H and O–H groups in total. The SMILES string of the molecule is CCCCCCC1(C)C[NH2+]CCO1.[I-]. The molecule has 14 heavy (non-hydrogen) atoms. The molecule has 0 amide bonds. The molecule has 0 bridgehead atoms. The number of hydrogen-bond donors (Lipinski definition) is 1. The molecule has 1 rings (SSSR count). The minimum atomic E-state index is 0. The first-order valence-corrected chi connectivity index (χ1v) is 5.72. The molecule has 0 aromatic carbocycles. The van der Waals surface area contributed by atoms with Crippen LogP contribution in [0.15, 0.2) is 0 Å². The Morgan fingerprint density at radius 3 is 2.64 bits per heavy atom. The molecule has 1 aliphatic rings. The molecule has 0 aliphatic carbocycles. The minimum Gasteiger partial charge on any atom is -1.00 e. The van der Waals surface area contributed by atoms with Crippen molar-refractivity contribution in [3.63, 3.8) is 0 Å². The lowest BCUT2D eigenvalue weighted by Crippen LogP contribution is -3.00. The van der Waals surface area contributed by atoms with Crippen LogP contribution in [-0.4, -0.2) is 25.3 Å². The van der Waals surface area contributed by atoms with E-state index < -0.39 is 0 Å². The number of rotatable bonds is 5. The van der Waals surface area contributed by atoms with Crippen molar-refractivity contribution in [2.24, 2.45) is 0 Å². The Balaban J connectivity index is 0.00000169. The molecule has 1 saturated heterocycles. The maximum absolute atomic E-state index is 5.81. The predicted octanol–water partition coefficient (Wildman–Crippen LogP) is -1.69. The van der Waals surface area contributed by atoms with Crippen molar-refractivity contribution >= 4 is 0 Å². The van der Waals surface area contributed by atoms with Gasteiger partial charge in [-0.2, -0.15) is 0 Å². The number of unbranched alkanes of at least 4 members (excludes halogenated alkanes) is 3. The van der Waals surface area contributed by atoms with Crippen LogP contribution in [0.25, 0.3) is 0 Å². The highest BCUT2D eigenvalue weighted by atomic mass is 127. The van der Waals surface area contributed by atoms with Crippen molar-refractivity contribution in [3.8, 4) is 0 Å². The number of hydrogen-bond acceptors (Lipinski definition) is 1. The summed E-state index contributed by atoms with van der Waals surface area (Å²) in [4.78, 5) is 0. The van der Waals surface area contributed by atoms with Crippen LogP contribution in [0, 0.1) is 0 Å². The Hall–Kier alpha value is 0.650. The van der Waals surface area contributed by atoms with E-state index in [-0.39, 0.29) is 29.6 Å². The fourth-order valence-corrected chi connectivity index (χ4v) is 1.95. The second-order valence-electron chi connectivity index (χ2n) is 4.39. The van der Waals surface area contributed by atoms with E-state index in [0.29, 0.717) is 0 Å². The van der Waals surface area contributed by atoms with E-state index in [0.717, 1.165) is 19.7 Å². The van der Waals surface area contributed by atoms with E-state index >= 15 is 0 Å². The minimum absolute atomic E-state index is 0. The van der Waals surface area contributed by atoms with Gasteiger partial charge in [0.25, 0.3) is 0 Å². The molecular weight excluding hydrogens is 289 g/mol. The Bertz CT molecular complexity index is 135. The second-order valence-corrected chi connectivity index (χ2v) is 4.39. The number of quaternary nitrogens is 1. The first-order valence-electron chi connectivity index (χ1n) is 5.72. The van der Waals surface area contributed by atoms with Crippen LogP contribution in [-0.2, 0) is 4.74 Å². The first kappa shape index (κ1) is 14.6. The first-order chi connectivity index (χ1) is 6.27. The summed E-state index contributed by atoms with van der Waals surface area (Å²) >= 11 is 0. The summed E-state index contributed by atoms with van der Waals surface area (Å²) in [5.41, 5.74) is 0.173. The topological polar surface area (TPSA) is 25.8 Å². The number of halogens is 1. The molecule has 1 aliphatic heterocycles. The summed E-state index contributed by atoms with van der Waals surface area (Å²) in [5.74, 6) is 0. The quantitative estimate of drug-likeness (QED) is 0.476. The number of morpholine rings is 1. The van der Waals surface area contributed by atoms with Gasteiger partial charge in [-0.15, -0.1) is 0 Å². The predicted molar refractivity (Wildman–Crippen MR) is 54.8 cm³/mol. The smallest absolute Gasteiger partial charge is 0.114 e. The molecule has 0 saturated carbocycles. The average Bonchev–Trinajstić information content (AvgIpc) is 2.14. The lowest BCUT2D eigenvalue weighted by Gasteiger charge is -2.31. The largest absolute Gasteiger partial charge is 1.00 e. The Labute approximate surface area is 105 Å². The molecule has 2 nitrogen and oxygen atoms in total. The van der Waals surface area contributed by atoms with E-state index in [1.165, 1.54) is 32.1 Å². The van der Waals surface area contributed by atoms with Crippen LogP contribution in [0.2, 0.25) is 0 Å². The molecular formula is C11H24INO. The molecule has 1 fully saturated rings. The van der Waals surface area contributed by atoms with Crippen molar-refractivity contribution in [3.05, 3.63) is 0 Å². The van der Waals surface area contributed by atoms with Gasteiger partial charge in [0.2, 0.25) is 0 Å². The zero-order chi connectivity index (χ0) is 9.57. The van der Waals surface area contributed by atoms with Crippen LogP contribution in [0.5, 0.6) is 0 Å². The fourth-order valence-electron chi connectivity index (χ4n) is 1.95. The molecule has 86 valence electrons. The zero-order valence-corrected chi connectivity index (χ0v) is 11.7. The van der Waals surface area contributed by atoms with Gasteiger partial charge in [-0.1, -0.05) is 32.6 Å². The molecule has 0 aromatic heterocycles.